The number of rotatable bonds is 5. The molecule has 0 aromatic heterocycles. The Labute approximate surface area is 186 Å². The normalized spacial score (nSPS) is 11.4. The van der Waals surface area contributed by atoms with E-state index in [2.05, 4.69) is 130 Å². The first kappa shape index (κ1) is 20.7. The Bertz CT molecular complexity index is 1220. The summed E-state index contributed by atoms with van der Waals surface area (Å²) in [7, 11) is 0. The van der Waals surface area contributed by atoms with Crippen LogP contribution in [0.25, 0.3) is 11.6 Å². The molecule has 0 heterocycles. The van der Waals surface area contributed by atoms with Gasteiger partial charge in [0, 0.05) is 11.4 Å². The van der Waals surface area contributed by atoms with E-state index >= 15 is 0 Å². The maximum Gasteiger partial charge on any atom is 0.0387 e. The fourth-order valence-electron chi connectivity index (χ4n) is 3.87. The zero-order valence-corrected chi connectivity index (χ0v) is 18.7. The van der Waals surface area contributed by atoms with Crippen molar-refractivity contribution in [1.82, 2.24) is 0 Å². The largest absolute Gasteiger partial charge is 0.356 e. The van der Waals surface area contributed by atoms with Crippen LogP contribution in [0.1, 0.15) is 38.9 Å². The van der Waals surface area contributed by atoms with Crippen molar-refractivity contribution in [2.75, 3.05) is 5.32 Å². The Balaban J connectivity index is 1.66. The zero-order valence-electron chi connectivity index (χ0n) is 18.7. The summed E-state index contributed by atoms with van der Waals surface area (Å²) in [4.78, 5) is 0. The lowest BCUT2D eigenvalue weighted by Gasteiger charge is -2.13. The lowest BCUT2D eigenvalue weighted by molar-refractivity contribution is 1.34. The molecule has 0 saturated heterocycles. The summed E-state index contributed by atoms with van der Waals surface area (Å²) in [6.45, 7) is 8.62. The number of nitrogens with one attached hydrogen (secondary N) is 1. The molecule has 0 amide bonds. The Morgan fingerprint density at radius 2 is 1.32 bits per heavy atom. The molecule has 1 N–H and O–H groups in total. The number of benzene rings is 4. The topological polar surface area (TPSA) is 12.0 Å². The SMILES string of the molecule is Cc1ccc(C(=Cc2ccc(Nc3ccc(C)c(C)c3)cc2)c2ccccc2)c(C)c1. The van der Waals surface area contributed by atoms with Crippen molar-refractivity contribution in [1.29, 1.82) is 0 Å². The standard InChI is InChI=1S/C30H29N/c1-21-10-17-29(24(4)18-21)30(26-8-6-5-7-9-26)20-25-12-15-27(16-13-25)31-28-14-11-22(2)23(3)19-28/h5-20,31H,1-4H3. The summed E-state index contributed by atoms with van der Waals surface area (Å²) in [6, 6.07) is 32.4. The van der Waals surface area contributed by atoms with Crippen molar-refractivity contribution in [2.24, 2.45) is 0 Å². The van der Waals surface area contributed by atoms with Gasteiger partial charge < -0.3 is 5.32 Å². The maximum absolute atomic E-state index is 3.51. The molecule has 0 radical (unpaired) electrons. The molecule has 154 valence electrons. The third-order valence-electron chi connectivity index (χ3n) is 5.77. The van der Waals surface area contributed by atoms with Gasteiger partial charge >= 0.3 is 0 Å². The van der Waals surface area contributed by atoms with E-state index in [0.29, 0.717) is 0 Å². The van der Waals surface area contributed by atoms with Gasteiger partial charge in [0.1, 0.15) is 0 Å². The van der Waals surface area contributed by atoms with Crippen molar-refractivity contribution in [2.45, 2.75) is 27.7 Å². The highest BCUT2D eigenvalue weighted by atomic mass is 14.9. The van der Waals surface area contributed by atoms with Crippen LogP contribution >= 0.6 is 0 Å². The molecule has 0 aliphatic heterocycles. The number of hydrogen-bond donors (Lipinski definition) is 1. The molecule has 0 spiro atoms. The summed E-state index contributed by atoms with van der Waals surface area (Å²) in [5, 5.41) is 3.51. The molecule has 4 aromatic carbocycles. The van der Waals surface area contributed by atoms with Gasteiger partial charge in [-0.15, -0.1) is 0 Å². The van der Waals surface area contributed by atoms with E-state index in [-0.39, 0.29) is 0 Å². The van der Waals surface area contributed by atoms with Gasteiger partial charge in [-0.05, 0) is 97.0 Å². The van der Waals surface area contributed by atoms with Gasteiger partial charge in [0.05, 0.1) is 0 Å². The highest BCUT2D eigenvalue weighted by Gasteiger charge is 2.08. The minimum absolute atomic E-state index is 1.09. The van der Waals surface area contributed by atoms with E-state index in [1.165, 1.54) is 44.5 Å². The van der Waals surface area contributed by atoms with Gasteiger partial charge in [0.25, 0.3) is 0 Å². The van der Waals surface area contributed by atoms with E-state index in [9.17, 15) is 0 Å². The van der Waals surface area contributed by atoms with Gasteiger partial charge in [-0.25, -0.2) is 0 Å². The highest BCUT2D eigenvalue weighted by molar-refractivity contribution is 5.92. The first-order chi connectivity index (χ1) is 15.0. The van der Waals surface area contributed by atoms with Crippen LogP contribution in [0.3, 0.4) is 0 Å². The van der Waals surface area contributed by atoms with Crippen LogP contribution in [-0.4, -0.2) is 0 Å². The molecule has 4 aromatic rings. The predicted octanol–water partition coefficient (Wildman–Crippen LogP) is 8.25. The molecule has 4 rings (SSSR count). The first-order valence-electron chi connectivity index (χ1n) is 10.8. The number of anilines is 2. The Hall–Kier alpha value is -3.58. The lowest BCUT2D eigenvalue weighted by atomic mass is 9.92. The smallest absolute Gasteiger partial charge is 0.0387 e. The summed E-state index contributed by atoms with van der Waals surface area (Å²) >= 11 is 0. The van der Waals surface area contributed by atoms with Crippen LogP contribution in [0.5, 0.6) is 0 Å². The second-order valence-electron chi connectivity index (χ2n) is 8.29. The fourth-order valence-corrected chi connectivity index (χ4v) is 3.87. The summed E-state index contributed by atoms with van der Waals surface area (Å²) in [6.07, 6.45) is 2.28. The Morgan fingerprint density at radius 3 is 2.00 bits per heavy atom. The van der Waals surface area contributed by atoms with Crippen molar-refractivity contribution in [3.63, 3.8) is 0 Å². The lowest BCUT2D eigenvalue weighted by Crippen LogP contribution is -1.93. The van der Waals surface area contributed by atoms with Crippen LogP contribution in [-0.2, 0) is 0 Å². The van der Waals surface area contributed by atoms with Gasteiger partial charge in [0.2, 0.25) is 0 Å². The molecular weight excluding hydrogens is 374 g/mol. The van der Waals surface area contributed by atoms with Crippen molar-refractivity contribution >= 4 is 23.0 Å². The highest BCUT2D eigenvalue weighted by Crippen LogP contribution is 2.29. The van der Waals surface area contributed by atoms with E-state index in [4.69, 9.17) is 0 Å². The third kappa shape index (κ3) is 4.95. The molecule has 0 aliphatic rings. The minimum Gasteiger partial charge on any atom is -0.356 e. The molecule has 0 bridgehead atoms. The number of aryl methyl sites for hydroxylation is 4. The molecular formula is C30H29N. The van der Waals surface area contributed by atoms with Crippen LogP contribution in [0.2, 0.25) is 0 Å². The van der Waals surface area contributed by atoms with E-state index in [1.54, 1.807) is 0 Å². The molecule has 1 heteroatoms. The monoisotopic (exact) mass is 403 g/mol. The zero-order chi connectivity index (χ0) is 21.8. The van der Waals surface area contributed by atoms with E-state index < -0.39 is 0 Å². The second-order valence-corrected chi connectivity index (χ2v) is 8.29. The first-order valence-corrected chi connectivity index (χ1v) is 10.8. The second kappa shape index (κ2) is 9.06. The van der Waals surface area contributed by atoms with Crippen LogP contribution in [0, 0.1) is 27.7 Å². The van der Waals surface area contributed by atoms with Crippen molar-refractivity contribution in [3.8, 4) is 0 Å². The molecule has 0 saturated carbocycles. The molecule has 0 atom stereocenters. The molecule has 1 nitrogen and oxygen atoms in total. The van der Waals surface area contributed by atoms with Gasteiger partial charge in [-0.1, -0.05) is 72.3 Å². The summed E-state index contributed by atoms with van der Waals surface area (Å²) in [5.41, 5.74) is 12.3. The molecule has 31 heavy (non-hydrogen) atoms. The maximum atomic E-state index is 3.51. The average Bonchev–Trinajstić information content (AvgIpc) is 2.77. The minimum atomic E-state index is 1.09. The number of hydrogen-bond acceptors (Lipinski definition) is 1. The Morgan fingerprint density at radius 1 is 0.613 bits per heavy atom. The molecule has 0 fully saturated rings. The van der Waals surface area contributed by atoms with Crippen LogP contribution in [0.4, 0.5) is 11.4 Å². The van der Waals surface area contributed by atoms with Crippen molar-refractivity contribution in [3.05, 3.63) is 130 Å². The summed E-state index contributed by atoms with van der Waals surface area (Å²) < 4.78 is 0. The van der Waals surface area contributed by atoms with Gasteiger partial charge in [0.15, 0.2) is 0 Å². The molecule has 0 unspecified atom stereocenters. The van der Waals surface area contributed by atoms with Crippen molar-refractivity contribution < 1.29 is 0 Å². The van der Waals surface area contributed by atoms with E-state index in [1.807, 2.05) is 0 Å². The quantitative estimate of drug-likeness (QED) is 0.331. The predicted molar refractivity (Wildman–Crippen MR) is 135 cm³/mol. The van der Waals surface area contributed by atoms with Crippen LogP contribution < -0.4 is 5.32 Å². The average molecular weight is 404 g/mol. The third-order valence-corrected chi connectivity index (χ3v) is 5.77. The van der Waals surface area contributed by atoms with E-state index in [0.717, 1.165) is 11.4 Å². The fraction of sp³-hybridized carbons (Fsp3) is 0.133. The molecule has 0 aliphatic carbocycles. The van der Waals surface area contributed by atoms with Crippen LogP contribution in [0.15, 0.2) is 91.0 Å². The summed E-state index contributed by atoms with van der Waals surface area (Å²) in [5.74, 6) is 0. The Kier molecular flexibility index (Phi) is 6.04. The van der Waals surface area contributed by atoms with Gasteiger partial charge in [-0.3, -0.25) is 0 Å². The van der Waals surface area contributed by atoms with Gasteiger partial charge in [-0.2, -0.15) is 0 Å².